The summed E-state index contributed by atoms with van der Waals surface area (Å²) < 4.78 is 5.52. The Morgan fingerprint density at radius 2 is 2.50 bits per heavy atom. The molecule has 1 fully saturated rings. The zero-order valence-electron chi connectivity index (χ0n) is 10.2. The van der Waals surface area contributed by atoms with Gasteiger partial charge in [-0.15, -0.1) is 0 Å². The average molecular weight is 267 g/mol. The second-order valence-corrected chi connectivity index (χ2v) is 4.84. The molecule has 0 amide bonds. The van der Waals surface area contributed by atoms with Crippen molar-refractivity contribution >= 4 is 22.9 Å². The zero-order valence-corrected chi connectivity index (χ0v) is 11.1. The van der Waals surface area contributed by atoms with Crippen molar-refractivity contribution in [1.29, 1.82) is 0 Å². The largest absolute Gasteiger partial charge is 0.394 e. The first-order chi connectivity index (χ1) is 8.63. The minimum absolute atomic E-state index is 0.00584. The van der Waals surface area contributed by atoms with Gasteiger partial charge in [-0.25, -0.2) is 0 Å². The molecular weight excluding hydrogens is 250 g/mol. The van der Waals surface area contributed by atoms with Crippen LogP contribution in [0.4, 0.5) is 5.69 Å². The summed E-state index contributed by atoms with van der Waals surface area (Å²) in [5.41, 5.74) is 7.44. The number of aliphatic hydroxyl groups is 1. The molecular formula is C12H17N3O2S. The normalized spacial score (nSPS) is 24.0. The van der Waals surface area contributed by atoms with Crippen molar-refractivity contribution in [1.82, 2.24) is 4.98 Å². The summed E-state index contributed by atoms with van der Waals surface area (Å²) >= 11 is 5.06. The van der Waals surface area contributed by atoms with Crippen LogP contribution in [0.15, 0.2) is 18.5 Å². The number of hydrogen-bond donors (Lipinski definition) is 2. The van der Waals surface area contributed by atoms with Gasteiger partial charge in [-0.1, -0.05) is 12.2 Å². The van der Waals surface area contributed by atoms with Gasteiger partial charge in [0.1, 0.15) is 4.99 Å². The van der Waals surface area contributed by atoms with Gasteiger partial charge in [0.2, 0.25) is 0 Å². The van der Waals surface area contributed by atoms with E-state index in [0.717, 1.165) is 11.3 Å². The van der Waals surface area contributed by atoms with Crippen molar-refractivity contribution < 1.29 is 9.84 Å². The average Bonchev–Trinajstić information content (AvgIpc) is 2.39. The van der Waals surface area contributed by atoms with Crippen LogP contribution >= 0.6 is 12.2 Å². The van der Waals surface area contributed by atoms with Crippen molar-refractivity contribution in [3.05, 3.63) is 24.0 Å². The lowest BCUT2D eigenvalue weighted by molar-refractivity contribution is -0.0103. The van der Waals surface area contributed by atoms with Gasteiger partial charge in [-0.3, -0.25) is 4.98 Å². The molecule has 0 aromatic carbocycles. The SMILES string of the molecule is CC1COC(CO)CN1c1cnccc1C(N)=S. The third-order valence-electron chi connectivity index (χ3n) is 3.08. The first-order valence-corrected chi connectivity index (χ1v) is 6.27. The molecule has 3 N–H and O–H groups in total. The lowest BCUT2D eigenvalue weighted by Gasteiger charge is -2.39. The highest BCUT2D eigenvalue weighted by atomic mass is 32.1. The van der Waals surface area contributed by atoms with Crippen LogP contribution in [0.1, 0.15) is 12.5 Å². The molecule has 2 heterocycles. The molecule has 5 nitrogen and oxygen atoms in total. The molecule has 1 aliphatic rings. The Kier molecular flexibility index (Phi) is 4.11. The highest BCUT2D eigenvalue weighted by Crippen LogP contribution is 2.24. The van der Waals surface area contributed by atoms with E-state index in [1.54, 1.807) is 12.4 Å². The number of aliphatic hydroxyl groups excluding tert-OH is 1. The molecule has 1 aromatic heterocycles. The predicted octanol–water partition coefficient (Wildman–Crippen LogP) is 0.302. The van der Waals surface area contributed by atoms with Gasteiger partial charge in [0.15, 0.2) is 0 Å². The van der Waals surface area contributed by atoms with Gasteiger partial charge in [0.05, 0.1) is 31.2 Å². The van der Waals surface area contributed by atoms with Gasteiger partial charge in [-0.2, -0.15) is 0 Å². The van der Waals surface area contributed by atoms with Gasteiger partial charge in [0.25, 0.3) is 0 Å². The van der Waals surface area contributed by atoms with Crippen molar-refractivity contribution in [2.75, 3.05) is 24.7 Å². The standard InChI is InChI=1S/C12H17N3O2S/c1-8-7-17-9(6-16)5-15(8)11-4-14-3-2-10(11)12(13)18/h2-4,8-9,16H,5-7H2,1H3,(H2,13,18). The van der Waals surface area contributed by atoms with Gasteiger partial charge in [0, 0.05) is 24.3 Å². The number of morpholine rings is 1. The smallest absolute Gasteiger partial charge is 0.106 e. The van der Waals surface area contributed by atoms with Gasteiger partial charge >= 0.3 is 0 Å². The lowest BCUT2D eigenvalue weighted by Crippen LogP contribution is -2.50. The van der Waals surface area contributed by atoms with Crippen molar-refractivity contribution in [2.24, 2.45) is 5.73 Å². The molecule has 0 bridgehead atoms. The Bertz CT molecular complexity index is 441. The second kappa shape index (κ2) is 5.60. The minimum atomic E-state index is -0.180. The molecule has 0 aliphatic carbocycles. The zero-order chi connectivity index (χ0) is 13.1. The first-order valence-electron chi connectivity index (χ1n) is 5.86. The number of nitrogens with two attached hydrogens (primary N) is 1. The molecule has 1 saturated heterocycles. The van der Waals surface area contributed by atoms with Crippen LogP contribution in [0.3, 0.4) is 0 Å². The van der Waals surface area contributed by atoms with E-state index in [0.29, 0.717) is 18.1 Å². The van der Waals surface area contributed by atoms with E-state index in [9.17, 15) is 5.11 Å². The van der Waals surface area contributed by atoms with Gasteiger partial charge < -0.3 is 20.5 Å². The summed E-state index contributed by atoms with van der Waals surface area (Å²) in [6.45, 7) is 3.24. The molecule has 0 radical (unpaired) electrons. The van der Waals surface area contributed by atoms with Gasteiger partial charge in [-0.05, 0) is 13.0 Å². The maximum Gasteiger partial charge on any atom is 0.106 e. The van der Waals surface area contributed by atoms with Crippen LogP contribution in [0.2, 0.25) is 0 Å². The fourth-order valence-electron chi connectivity index (χ4n) is 2.09. The number of anilines is 1. The van der Waals surface area contributed by atoms with Crippen LogP contribution < -0.4 is 10.6 Å². The predicted molar refractivity (Wildman–Crippen MR) is 73.8 cm³/mol. The molecule has 0 saturated carbocycles. The first kappa shape index (κ1) is 13.2. The fraction of sp³-hybridized carbons (Fsp3) is 0.500. The minimum Gasteiger partial charge on any atom is -0.394 e. The quantitative estimate of drug-likeness (QED) is 0.768. The summed E-state index contributed by atoms with van der Waals surface area (Å²) in [4.78, 5) is 6.61. The second-order valence-electron chi connectivity index (χ2n) is 4.40. The molecule has 1 aromatic rings. The maximum absolute atomic E-state index is 9.20. The van der Waals surface area contributed by atoms with Crippen LogP contribution in [-0.2, 0) is 4.74 Å². The van der Waals surface area contributed by atoms with E-state index < -0.39 is 0 Å². The van der Waals surface area contributed by atoms with E-state index >= 15 is 0 Å². The molecule has 6 heteroatoms. The number of rotatable bonds is 3. The van der Waals surface area contributed by atoms with E-state index in [1.807, 2.05) is 6.07 Å². The maximum atomic E-state index is 9.20. The van der Waals surface area contributed by atoms with Crippen LogP contribution in [0.25, 0.3) is 0 Å². The monoisotopic (exact) mass is 267 g/mol. The summed E-state index contributed by atoms with van der Waals surface area (Å²) in [5.74, 6) is 0. The molecule has 98 valence electrons. The summed E-state index contributed by atoms with van der Waals surface area (Å²) in [7, 11) is 0. The Morgan fingerprint density at radius 1 is 1.72 bits per heavy atom. The molecule has 0 spiro atoms. The third-order valence-corrected chi connectivity index (χ3v) is 3.30. The molecule has 2 unspecified atom stereocenters. The van der Waals surface area contributed by atoms with E-state index in [1.165, 1.54) is 0 Å². The summed E-state index contributed by atoms with van der Waals surface area (Å²) in [5, 5.41) is 9.20. The highest BCUT2D eigenvalue weighted by molar-refractivity contribution is 7.80. The Hall–Kier alpha value is -1.24. The molecule has 18 heavy (non-hydrogen) atoms. The number of pyridine rings is 1. The molecule has 1 aliphatic heterocycles. The lowest BCUT2D eigenvalue weighted by atomic mass is 10.1. The van der Waals surface area contributed by atoms with Crippen LogP contribution in [-0.4, -0.2) is 47.0 Å². The number of ether oxygens (including phenoxy) is 1. The van der Waals surface area contributed by atoms with Crippen molar-refractivity contribution in [3.63, 3.8) is 0 Å². The number of hydrogen-bond acceptors (Lipinski definition) is 5. The number of aromatic nitrogens is 1. The van der Waals surface area contributed by atoms with Crippen LogP contribution in [0, 0.1) is 0 Å². The Balaban J connectivity index is 2.31. The third kappa shape index (κ3) is 2.60. The highest BCUT2D eigenvalue weighted by Gasteiger charge is 2.27. The van der Waals surface area contributed by atoms with Crippen molar-refractivity contribution in [3.8, 4) is 0 Å². The van der Waals surface area contributed by atoms with Crippen molar-refractivity contribution in [2.45, 2.75) is 19.1 Å². The van der Waals surface area contributed by atoms with Crippen LogP contribution in [0.5, 0.6) is 0 Å². The Labute approximate surface area is 112 Å². The fourth-order valence-corrected chi connectivity index (χ4v) is 2.26. The molecule has 2 atom stereocenters. The Morgan fingerprint density at radius 3 is 3.17 bits per heavy atom. The topological polar surface area (TPSA) is 71.6 Å². The summed E-state index contributed by atoms with van der Waals surface area (Å²) in [6.07, 6.45) is 3.25. The number of nitrogens with zero attached hydrogens (tertiary/aromatic N) is 2. The number of thiocarbonyl (C=S) groups is 1. The summed E-state index contributed by atoms with van der Waals surface area (Å²) in [6, 6.07) is 2.01. The van der Waals surface area contributed by atoms with E-state index in [-0.39, 0.29) is 18.8 Å². The van der Waals surface area contributed by atoms with E-state index in [2.05, 4.69) is 16.8 Å². The van der Waals surface area contributed by atoms with E-state index in [4.69, 9.17) is 22.7 Å². The molecule has 2 rings (SSSR count).